The molecule has 1 aromatic carbocycles. The summed E-state index contributed by atoms with van der Waals surface area (Å²) in [6, 6.07) is 14.0. The highest BCUT2D eigenvalue weighted by molar-refractivity contribution is 6.30. The number of hydrogen-bond acceptors (Lipinski definition) is 5. The number of halogens is 1. The maximum absolute atomic E-state index is 12.2. The topological polar surface area (TPSA) is 94.4 Å². The van der Waals surface area contributed by atoms with E-state index in [1.807, 2.05) is 12.1 Å². The highest BCUT2D eigenvalue weighted by Crippen LogP contribution is 2.23. The van der Waals surface area contributed by atoms with Crippen LogP contribution in [0.3, 0.4) is 0 Å². The molecule has 0 aliphatic carbocycles. The number of pyridine rings is 1. The zero-order valence-electron chi connectivity index (χ0n) is 14.7. The quantitative estimate of drug-likeness (QED) is 0.505. The van der Waals surface area contributed by atoms with Crippen LogP contribution in [0.15, 0.2) is 64.0 Å². The number of hydrogen-bond donors (Lipinski definition) is 1. The molecule has 0 aliphatic rings. The van der Waals surface area contributed by atoms with Gasteiger partial charge in [-0.3, -0.25) is 9.20 Å². The third-order valence-electron chi connectivity index (χ3n) is 4.17. The molecular weight excluding hydrogens is 382 g/mol. The second-order valence-electron chi connectivity index (χ2n) is 6.13. The van der Waals surface area contributed by atoms with E-state index in [4.69, 9.17) is 16.1 Å². The Morgan fingerprint density at radius 2 is 2.07 bits per heavy atom. The van der Waals surface area contributed by atoms with E-state index in [2.05, 4.69) is 15.6 Å². The average Bonchev–Trinajstić information content (AvgIpc) is 3.31. The summed E-state index contributed by atoms with van der Waals surface area (Å²) >= 11 is 5.96. The van der Waals surface area contributed by atoms with Crippen molar-refractivity contribution in [1.29, 1.82) is 0 Å². The maximum atomic E-state index is 12.2. The average molecular weight is 398 g/mol. The summed E-state index contributed by atoms with van der Waals surface area (Å²) in [5, 5.41) is 11.4. The second kappa shape index (κ2) is 7.69. The fraction of sp³-hybridized carbons (Fsp3) is 0.158. The molecule has 1 N–H and O–H groups in total. The van der Waals surface area contributed by atoms with E-state index < -0.39 is 0 Å². The zero-order chi connectivity index (χ0) is 19.5. The van der Waals surface area contributed by atoms with Gasteiger partial charge >= 0.3 is 5.69 Å². The zero-order valence-corrected chi connectivity index (χ0v) is 15.5. The Bertz CT molecular complexity index is 1190. The molecule has 28 heavy (non-hydrogen) atoms. The van der Waals surface area contributed by atoms with E-state index in [0.717, 1.165) is 5.56 Å². The van der Waals surface area contributed by atoms with Crippen LogP contribution >= 0.6 is 11.6 Å². The summed E-state index contributed by atoms with van der Waals surface area (Å²) < 4.78 is 8.09. The molecule has 0 saturated carbocycles. The Hall–Kier alpha value is -3.39. The van der Waals surface area contributed by atoms with Gasteiger partial charge in [0.2, 0.25) is 0 Å². The summed E-state index contributed by atoms with van der Waals surface area (Å²) in [5.74, 6) is 0.114. The Labute approximate surface area is 164 Å². The molecule has 0 radical (unpaired) electrons. The van der Waals surface area contributed by atoms with Crippen molar-refractivity contribution in [3.63, 3.8) is 0 Å². The predicted molar refractivity (Wildman–Crippen MR) is 103 cm³/mol. The van der Waals surface area contributed by atoms with Crippen molar-refractivity contribution in [1.82, 2.24) is 24.7 Å². The summed E-state index contributed by atoms with van der Waals surface area (Å²) in [5.41, 5.74) is 1.31. The van der Waals surface area contributed by atoms with Crippen LogP contribution in [0.25, 0.3) is 17.0 Å². The van der Waals surface area contributed by atoms with Crippen LogP contribution in [-0.4, -0.2) is 31.8 Å². The molecule has 3 heterocycles. The third-order valence-corrected chi connectivity index (χ3v) is 4.41. The standard InChI is InChI=1S/C19H16ClN5O3/c20-14-6-3-5-13(11-14)16-12-15(23-28-16)18(26)21-8-4-10-25-19(27)24-9-2-1-7-17(24)22-25/h1-3,5-7,9,11-12H,4,8,10H2,(H,21,26). The van der Waals surface area contributed by atoms with Gasteiger partial charge in [-0.25, -0.2) is 9.48 Å². The first kappa shape index (κ1) is 18.0. The van der Waals surface area contributed by atoms with E-state index in [0.29, 0.717) is 35.9 Å². The van der Waals surface area contributed by atoms with Crippen LogP contribution in [0.4, 0.5) is 0 Å². The largest absolute Gasteiger partial charge is 0.355 e. The molecule has 0 unspecified atom stereocenters. The number of amides is 1. The Morgan fingerprint density at radius 3 is 2.89 bits per heavy atom. The summed E-state index contributed by atoms with van der Waals surface area (Å²) in [6.07, 6.45) is 2.22. The number of fused-ring (bicyclic) bond motifs is 1. The van der Waals surface area contributed by atoms with Gasteiger partial charge in [0, 0.05) is 35.9 Å². The molecule has 0 saturated heterocycles. The number of carbonyl (C=O) groups excluding carboxylic acids is 1. The minimum absolute atomic E-state index is 0.180. The molecule has 0 fully saturated rings. The van der Waals surface area contributed by atoms with Crippen molar-refractivity contribution in [2.45, 2.75) is 13.0 Å². The molecular formula is C19H16ClN5O3. The minimum Gasteiger partial charge on any atom is -0.355 e. The van der Waals surface area contributed by atoms with Crippen molar-refractivity contribution >= 4 is 23.2 Å². The molecule has 9 heteroatoms. The molecule has 0 aliphatic heterocycles. The summed E-state index contributed by atoms with van der Waals surface area (Å²) in [6.45, 7) is 0.770. The molecule has 3 aromatic heterocycles. The first-order valence-corrected chi connectivity index (χ1v) is 9.05. The SMILES string of the molecule is O=C(NCCCn1nc2ccccn2c1=O)c1cc(-c2cccc(Cl)c2)on1. The van der Waals surface area contributed by atoms with E-state index in [1.165, 1.54) is 9.08 Å². The lowest BCUT2D eigenvalue weighted by atomic mass is 10.1. The van der Waals surface area contributed by atoms with Crippen molar-refractivity contribution < 1.29 is 9.32 Å². The van der Waals surface area contributed by atoms with Crippen LogP contribution in [0, 0.1) is 0 Å². The van der Waals surface area contributed by atoms with Gasteiger partial charge in [-0.1, -0.05) is 35.0 Å². The lowest BCUT2D eigenvalue weighted by molar-refractivity contribution is 0.0943. The fourth-order valence-corrected chi connectivity index (χ4v) is 2.99. The van der Waals surface area contributed by atoms with E-state index >= 15 is 0 Å². The van der Waals surface area contributed by atoms with Gasteiger partial charge in [0.1, 0.15) is 0 Å². The number of benzene rings is 1. The number of carbonyl (C=O) groups is 1. The molecule has 0 spiro atoms. The van der Waals surface area contributed by atoms with E-state index in [9.17, 15) is 9.59 Å². The minimum atomic E-state index is -0.348. The number of rotatable bonds is 6. The molecule has 0 atom stereocenters. The highest BCUT2D eigenvalue weighted by Gasteiger charge is 2.14. The van der Waals surface area contributed by atoms with Gasteiger partial charge in [0.15, 0.2) is 17.1 Å². The Balaban J connectivity index is 1.33. The van der Waals surface area contributed by atoms with Crippen LogP contribution < -0.4 is 11.0 Å². The highest BCUT2D eigenvalue weighted by atomic mass is 35.5. The van der Waals surface area contributed by atoms with Crippen LogP contribution in [0.5, 0.6) is 0 Å². The number of aryl methyl sites for hydroxylation is 1. The van der Waals surface area contributed by atoms with Crippen LogP contribution in [0.1, 0.15) is 16.9 Å². The monoisotopic (exact) mass is 397 g/mol. The molecule has 4 aromatic rings. The second-order valence-corrected chi connectivity index (χ2v) is 6.57. The Morgan fingerprint density at radius 1 is 1.18 bits per heavy atom. The van der Waals surface area contributed by atoms with Crippen LogP contribution in [-0.2, 0) is 6.54 Å². The molecule has 8 nitrogen and oxygen atoms in total. The fourth-order valence-electron chi connectivity index (χ4n) is 2.80. The van der Waals surface area contributed by atoms with E-state index in [-0.39, 0.29) is 17.3 Å². The van der Waals surface area contributed by atoms with Gasteiger partial charge in [0.25, 0.3) is 5.91 Å². The lowest BCUT2D eigenvalue weighted by Crippen LogP contribution is -2.27. The first-order chi connectivity index (χ1) is 13.6. The third kappa shape index (κ3) is 3.67. The summed E-state index contributed by atoms with van der Waals surface area (Å²) in [7, 11) is 0. The normalized spacial score (nSPS) is 11.0. The first-order valence-electron chi connectivity index (χ1n) is 8.67. The van der Waals surface area contributed by atoms with Gasteiger partial charge in [-0.2, -0.15) is 0 Å². The molecule has 4 rings (SSSR count). The molecule has 0 bridgehead atoms. The van der Waals surface area contributed by atoms with Gasteiger partial charge in [0.05, 0.1) is 0 Å². The van der Waals surface area contributed by atoms with E-state index in [1.54, 1.807) is 42.6 Å². The van der Waals surface area contributed by atoms with Gasteiger partial charge < -0.3 is 9.84 Å². The van der Waals surface area contributed by atoms with Gasteiger partial charge in [-0.05, 0) is 30.7 Å². The van der Waals surface area contributed by atoms with Crippen molar-refractivity contribution in [3.05, 3.63) is 75.9 Å². The van der Waals surface area contributed by atoms with Crippen molar-refractivity contribution in [2.24, 2.45) is 0 Å². The number of nitrogens with zero attached hydrogens (tertiary/aromatic N) is 4. The van der Waals surface area contributed by atoms with Gasteiger partial charge in [-0.15, -0.1) is 5.10 Å². The van der Waals surface area contributed by atoms with Crippen molar-refractivity contribution in [2.75, 3.05) is 6.54 Å². The predicted octanol–water partition coefficient (Wildman–Crippen LogP) is 2.62. The number of aromatic nitrogens is 4. The van der Waals surface area contributed by atoms with Crippen molar-refractivity contribution in [3.8, 4) is 11.3 Å². The lowest BCUT2D eigenvalue weighted by Gasteiger charge is -2.02. The smallest absolute Gasteiger partial charge is 0.350 e. The van der Waals surface area contributed by atoms with Crippen LogP contribution in [0.2, 0.25) is 5.02 Å². The molecule has 1 amide bonds. The summed E-state index contributed by atoms with van der Waals surface area (Å²) in [4.78, 5) is 24.4. The molecule has 142 valence electrons. The Kier molecular flexibility index (Phi) is 4.94. The maximum Gasteiger partial charge on any atom is 0.350 e. The number of nitrogens with one attached hydrogen (secondary N) is 1.